The Kier molecular flexibility index (Phi) is 6.72. The van der Waals surface area contributed by atoms with Gasteiger partial charge in [-0.15, -0.1) is 0 Å². The third kappa shape index (κ3) is 4.86. The Labute approximate surface area is 179 Å². The standard InChI is InChI=1S/C24H34N4O2/c1-2-12-27-13-8-18(9-14-27)17-25-24(30)20-10-15-28(16-11-20)22-7-6-19-4-3-5-21(29)23(19)26-22/h3-7,18,20,29H,2,8-17H2,1H3,(H,25,30). The summed E-state index contributed by atoms with van der Waals surface area (Å²) in [6.07, 6.45) is 5.30. The number of hydrogen-bond acceptors (Lipinski definition) is 5. The summed E-state index contributed by atoms with van der Waals surface area (Å²) in [5.74, 6) is 2.02. The van der Waals surface area contributed by atoms with Crippen molar-refractivity contribution >= 4 is 22.6 Å². The summed E-state index contributed by atoms with van der Waals surface area (Å²) in [5.41, 5.74) is 0.639. The van der Waals surface area contributed by atoms with Gasteiger partial charge in [-0.05, 0) is 75.9 Å². The van der Waals surface area contributed by atoms with Gasteiger partial charge in [0, 0.05) is 30.9 Å². The van der Waals surface area contributed by atoms with Gasteiger partial charge in [0.25, 0.3) is 0 Å². The van der Waals surface area contributed by atoms with Gasteiger partial charge in [-0.3, -0.25) is 4.79 Å². The summed E-state index contributed by atoms with van der Waals surface area (Å²) in [7, 11) is 0. The number of likely N-dealkylation sites (tertiary alicyclic amines) is 1. The van der Waals surface area contributed by atoms with Crippen molar-refractivity contribution in [2.24, 2.45) is 11.8 Å². The number of para-hydroxylation sites is 1. The molecule has 0 radical (unpaired) electrons. The summed E-state index contributed by atoms with van der Waals surface area (Å²) in [6, 6.07) is 9.46. The zero-order chi connectivity index (χ0) is 20.9. The average molecular weight is 411 g/mol. The number of anilines is 1. The van der Waals surface area contributed by atoms with E-state index in [-0.39, 0.29) is 17.6 Å². The second-order valence-electron chi connectivity index (χ2n) is 8.81. The smallest absolute Gasteiger partial charge is 0.223 e. The highest BCUT2D eigenvalue weighted by Crippen LogP contribution is 2.28. The highest BCUT2D eigenvalue weighted by atomic mass is 16.3. The quantitative estimate of drug-likeness (QED) is 0.764. The van der Waals surface area contributed by atoms with Crippen LogP contribution >= 0.6 is 0 Å². The molecule has 0 saturated carbocycles. The molecule has 2 fully saturated rings. The summed E-state index contributed by atoms with van der Waals surface area (Å²) in [6.45, 7) is 8.23. The number of phenolic OH excluding ortho intramolecular Hbond substituents is 1. The maximum absolute atomic E-state index is 12.7. The first-order valence-electron chi connectivity index (χ1n) is 11.5. The molecular formula is C24H34N4O2. The molecular weight excluding hydrogens is 376 g/mol. The lowest BCUT2D eigenvalue weighted by atomic mass is 9.94. The minimum atomic E-state index is 0.0929. The number of pyridine rings is 1. The first-order chi connectivity index (χ1) is 14.6. The Morgan fingerprint density at radius 3 is 2.60 bits per heavy atom. The van der Waals surface area contributed by atoms with E-state index in [1.54, 1.807) is 6.07 Å². The molecule has 162 valence electrons. The van der Waals surface area contributed by atoms with Crippen LogP contribution in [0.4, 0.5) is 5.82 Å². The Bertz CT molecular complexity index is 855. The molecule has 4 rings (SSSR count). The second-order valence-corrected chi connectivity index (χ2v) is 8.81. The summed E-state index contributed by atoms with van der Waals surface area (Å²) in [5, 5.41) is 14.2. The third-order valence-corrected chi connectivity index (χ3v) is 6.69. The third-order valence-electron chi connectivity index (χ3n) is 6.69. The topological polar surface area (TPSA) is 68.7 Å². The number of aromatic hydroxyl groups is 1. The molecule has 0 bridgehead atoms. The number of amides is 1. The molecule has 6 heteroatoms. The second kappa shape index (κ2) is 9.65. The van der Waals surface area contributed by atoms with Crippen LogP contribution in [0, 0.1) is 11.8 Å². The molecule has 2 aliphatic heterocycles. The Morgan fingerprint density at radius 1 is 1.10 bits per heavy atom. The fourth-order valence-electron chi connectivity index (χ4n) is 4.79. The molecule has 0 unspecified atom stereocenters. The van der Waals surface area contributed by atoms with E-state index < -0.39 is 0 Å². The monoisotopic (exact) mass is 410 g/mol. The van der Waals surface area contributed by atoms with Gasteiger partial charge in [-0.2, -0.15) is 0 Å². The minimum Gasteiger partial charge on any atom is -0.506 e. The van der Waals surface area contributed by atoms with E-state index in [9.17, 15) is 9.90 Å². The average Bonchev–Trinajstić information content (AvgIpc) is 2.79. The lowest BCUT2D eigenvalue weighted by Gasteiger charge is -2.34. The van der Waals surface area contributed by atoms with Crippen LogP contribution in [-0.4, -0.2) is 60.2 Å². The van der Waals surface area contributed by atoms with E-state index in [1.807, 2.05) is 24.3 Å². The highest BCUT2D eigenvalue weighted by Gasteiger charge is 2.27. The molecule has 1 amide bonds. The molecule has 6 nitrogen and oxygen atoms in total. The van der Waals surface area contributed by atoms with E-state index >= 15 is 0 Å². The molecule has 2 saturated heterocycles. The van der Waals surface area contributed by atoms with Crippen molar-refractivity contribution in [1.82, 2.24) is 15.2 Å². The lowest BCUT2D eigenvalue weighted by Crippen LogP contribution is -2.43. The number of aromatic nitrogens is 1. The molecule has 0 aliphatic carbocycles. The van der Waals surface area contributed by atoms with Crippen molar-refractivity contribution in [3.05, 3.63) is 30.3 Å². The predicted molar refractivity (Wildman–Crippen MR) is 121 cm³/mol. The van der Waals surface area contributed by atoms with Crippen LogP contribution in [0.2, 0.25) is 0 Å². The molecule has 30 heavy (non-hydrogen) atoms. The van der Waals surface area contributed by atoms with Crippen LogP contribution in [0.1, 0.15) is 39.0 Å². The van der Waals surface area contributed by atoms with Crippen LogP contribution in [0.25, 0.3) is 10.9 Å². The molecule has 2 aromatic rings. The summed E-state index contributed by atoms with van der Waals surface area (Å²) >= 11 is 0. The van der Waals surface area contributed by atoms with Gasteiger partial charge in [0.15, 0.2) is 0 Å². The largest absolute Gasteiger partial charge is 0.506 e. The van der Waals surface area contributed by atoms with Gasteiger partial charge < -0.3 is 20.2 Å². The Hall–Kier alpha value is -2.34. The van der Waals surface area contributed by atoms with Gasteiger partial charge in [0.05, 0.1) is 0 Å². The molecule has 2 N–H and O–H groups in total. The highest BCUT2D eigenvalue weighted by molar-refractivity contribution is 5.85. The Balaban J connectivity index is 1.24. The fraction of sp³-hybridized carbons (Fsp3) is 0.583. The molecule has 0 spiro atoms. The van der Waals surface area contributed by atoms with Crippen molar-refractivity contribution in [3.63, 3.8) is 0 Å². The van der Waals surface area contributed by atoms with E-state index in [2.05, 4.69) is 27.0 Å². The van der Waals surface area contributed by atoms with Crippen molar-refractivity contribution in [1.29, 1.82) is 0 Å². The van der Waals surface area contributed by atoms with Crippen LogP contribution in [0.3, 0.4) is 0 Å². The Morgan fingerprint density at radius 2 is 1.87 bits per heavy atom. The fourth-order valence-corrected chi connectivity index (χ4v) is 4.79. The van der Waals surface area contributed by atoms with Crippen molar-refractivity contribution < 1.29 is 9.90 Å². The first kappa shape index (κ1) is 20.9. The number of rotatable bonds is 6. The van der Waals surface area contributed by atoms with Gasteiger partial charge in [0.2, 0.25) is 5.91 Å². The minimum absolute atomic E-state index is 0.0929. The van der Waals surface area contributed by atoms with Crippen LogP contribution < -0.4 is 10.2 Å². The number of piperidine rings is 2. The van der Waals surface area contributed by atoms with Gasteiger partial charge in [-0.1, -0.05) is 19.1 Å². The van der Waals surface area contributed by atoms with Gasteiger partial charge in [-0.25, -0.2) is 4.98 Å². The molecule has 0 atom stereocenters. The number of carbonyl (C=O) groups is 1. The zero-order valence-electron chi connectivity index (χ0n) is 18.0. The number of benzene rings is 1. The predicted octanol–water partition coefficient (Wildman–Crippen LogP) is 3.40. The number of phenols is 1. The van der Waals surface area contributed by atoms with Crippen molar-refractivity contribution in [3.8, 4) is 5.75 Å². The van der Waals surface area contributed by atoms with Gasteiger partial charge in [0.1, 0.15) is 17.1 Å². The molecule has 3 heterocycles. The molecule has 2 aliphatic rings. The summed E-state index contributed by atoms with van der Waals surface area (Å²) in [4.78, 5) is 22.1. The zero-order valence-corrected chi connectivity index (χ0v) is 18.0. The number of carbonyl (C=O) groups excluding carboxylic acids is 1. The van der Waals surface area contributed by atoms with Gasteiger partial charge >= 0.3 is 0 Å². The maximum atomic E-state index is 12.7. The normalized spacial score (nSPS) is 19.3. The molecule has 1 aromatic carbocycles. The number of hydrogen-bond donors (Lipinski definition) is 2. The van der Waals surface area contributed by atoms with Crippen LogP contribution in [0.15, 0.2) is 30.3 Å². The van der Waals surface area contributed by atoms with Crippen molar-refractivity contribution in [2.75, 3.05) is 44.2 Å². The van der Waals surface area contributed by atoms with E-state index in [0.717, 1.165) is 43.7 Å². The van der Waals surface area contributed by atoms with Crippen LogP contribution in [-0.2, 0) is 4.79 Å². The number of nitrogens with zero attached hydrogens (tertiary/aromatic N) is 3. The van der Waals surface area contributed by atoms with E-state index in [1.165, 1.54) is 38.9 Å². The van der Waals surface area contributed by atoms with E-state index in [4.69, 9.17) is 0 Å². The van der Waals surface area contributed by atoms with Crippen LogP contribution in [0.5, 0.6) is 5.75 Å². The number of fused-ring (bicyclic) bond motifs is 1. The van der Waals surface area contributed by atoms with E-state index in [0.29, 0.717) is 11.4 Å². The number of nitrogens with one attached hydrogen (secondary N) is 1. The maximum Gasteiger partial charge on any atom is 0.223 e. The lowest BCUT2D eigenvalue weighted by molar-refractivity contribution is -0.125. The summed E-state index contributed by atoms with van der Waals surface area (Å²) < 4.78 is 0. The SMILES string of the molecule is CCCN1CCC(CNC(=O)C2CCN(c3ccc4cccc(O)c4n3)CC2)CC1. The molecule has 1 aromatic heterocycles. The first-order valence-corrected chi connectivity index (χ1v) is 11.5. The van der Waals surface area contributed by atoms with Crippen molar-refractivity contribution in [2.45, 2.75) is 39.0 Å².